The number of hydrogen-bond donors (Lipinski definition) is 2. The first-order valence-electron chi connectivity index (χ1n) is 7.81. The molecule has 6 nitrogen and oxygen atoms in total. The second-order valence-electron chi connectivity index (χ2n) is 5.94. The molecule has 3 rings (SSSR count). The molecule has 0 saturated carbocycles. The Bertz CT molecular complexity index is 1070. The number of carbonyl (C=O) groups excluding carboxylic acids is 2. The molecule has 0 spiro atoms. The van der Waals surface area contributed by atoms with Crippen molar-refractivity contribution in [3.8, 4) is 0 Å². The fraction of sp³-hybridized carbons (Fsp3) is 0.105. The number of rotatable bonds is 3. The number of aromatic nitrogens is 1. The Morgan fingerprint density at radius 1 is 1.04 bits per heavy atom. The summed E-state index contributed by atoms with van der Waals surface area (Å²) in [5, 5.41) is 3.68. The predicted molar refractivity (Wildman–Crippen MR) is 102 cm³/mol. The third-order valence-electron chi connectivity index (χ3n) is 3.86. The zero-order valence-corrected chi connectivity index (χ0v) is 14.9. The van der Waals surface area contributed by atoms with Gasteiger partial charge in [-0.2, -0.15) is 0 Å². The molecular weight excluding hydrogens is 354 g/mol. The van der Waals surface area contributed by atoms with Crippen LogP contribution in [0.15, 0.2) is 53.3 Å². The van der Waals surface area contributed by atoms with Gasteiger partial charge in [0.25, 0.3) is 11.8 Å². The summed E-state index contributed by atoms with van der Waals surface area (Å²) in [5.41, 5.74) is 0.977. The number of para-hydroxylation sites is 1. The van der Waals surface area contributed by atoms with Crippen LogP contribution in [0.5, 0.6) is 0 Å². The van der Waals surface area contributed by atoms with Crippen LogP contribution in [0.3, 0.4) is 0 Å². The lowest BCUT2D eigenvalue weighted by Crippen LogP contribution is -2.24. The molecule has 0 atom stereocenters. The number of pyridine rings is 1. The van der Waals surface area contributed by atoms with E-state index in [1.165, 1.54) is 17.0 Å². The van der Waals surface area contributed by atoms with Crippen molar-refractivity contribution >= 4 is 40.0 Å². The maximum atomic E-state index is 12.8. The van der Waals surface area contributed by atoms with Gasteiger partial charge in [-0.1, -0.05) is 29.8 Å². The van der Waals surface area contributed by atoms with Crippen molar-refractivity contribution in [3.63, 3.8) is 0 Å². The van der Waals surface area contributed by atoms with Gasteiger partial charge >= 0.3 is 0 Å². The molecular formula is C19H16ClN3O3. The minimum absolute atomic E-state index is 0.215. The largest absolute Gasteiger partial charge is 0.345 e. The molecule has 2 N–H and O–H groups in total. The molecule has 0 aliphatic rings. The molecule has 2 aromatic carbocycles. The van der Waals surface area contributed by atoms with Crippen LogP contribution in [0, 0.1) is 0 Å². The number of amides is 2. The Morgan fingerprint density at radius 3 is 2.50 bits per heavy atom. The van der Waals surface area contributed by atoms with E-state index in [0.717, 1.165) is 0 Å². The predicted octanol–water partition coefficient (Wildman–Crippen LogP) is 3.14. The van der Waals surface area contributed by atoms with Gasteiger partial charge in [-0.3, -0.25) is 14.4 Å². The van der Waals surface area contributed by atoms with Crippen LogP contribution in [-0.2, 0) is 0 Å². The van der Waals surface area contributed by atoms with E-state index < -0.39 is 5.91 Å². The third kappa shape index (κ3) is 3.45. The number of halogens is 1. The van der Waals surface area contributed by atoms with E-state index in [2.05, 4.69) is 10.3 Å². The number of carbonyl (C=O) groups is 2. The highest BCUT2D eigenvalue weighted by Crippen LogP contribution is 2.24. The van der Waals surface area contributed by atoms with Gasteiger partial charge in [0.15, 0.2) is 0 Å². The van der Waals surface area contributed by atoms with Crippen LogP contribution < -0.4 is 10.9 Å². The standard InChI is InChI=1S/C19H16ClN3O3/c1-23(2)19(26)13-8-7-11(20)9-16(13)22-18(25)14-10-17(24)21-15-6-4-3-5-12(14)15/h3-10H,1-2H3,(H,21,24)(H,22,25). The highest BCUT2D eigenvalue weighted by atomic mass is 35.5. The summed E-state index contributed by atoms with van der Waals surface area (Å²) in [7, 11) is 3.24. The zero-order chi connectivity index (χ0) is 18.8. The van der Waals surface area contributed by atoms with Crippen molar-refractivity contribution < 1.29 is 9.59 Å². The first kappa shape index (κ1) is 17.7. The number of aromatic amines is 1. The second kappa shape index (κ2) is 7.01. The number of anilines is 1. The van der Waals surface area contributed by atoms with Crippen LogP contribution in [0.4, 0.5) is 5.69 Å². The molecule has 0 bridgehead atoms. The van der Waals surface area contributed by atoms with Crippen molar-refractivity contribution in [1.29, 1.82) is 0 Å². The Kier molecular flexibility index (Phi) is 4.77. The summed E-state index contributed by atoms with van der Waals surface area (Å²) in [4.78, 5) is 41.1. The molecule has 0 fully saturated rings. The number of fused-ring (bicyclic) bond motifs is 1. The van der Waals surface area contributed by atoms with E-state index in [0.29, 0.717) is 21.5 Å². The highest BCUT2D eigenvalue weighted by Gasteiger charge is 2.18. The summed E-state index contributed by atoms with van der Waals surface area (Å²) in [6.07, 6.45) is 0. The Hall–Kier alpha value is -3.12. The van der Waals surface area contributed by atoms with E-state index in [1.54, 1.807) is 50.5 Å². The molecule has 7 heteroatoms. The lowest BCUT2D eigenvalue weighted by molar-refractivity contribution is 0.0828. The summed E-state index contributed by atoms with van der Waals surface area (Å²) >= 11 is 6.02. The fourth-order valence-electron chi connectivity index (χ4n) is 2.63. The Labute approximate surface area is 154 Å². The number of benzene rings is 2. The van der Waals surface area contributed by atoms with Gasteiger partial charge in [0, 0.05) is 36.1 Å². The van der Waals surface area contributed by atoms with Gasteiger partial charge in [-0.25, -0.2) is 0 Å². The van der Waals surface area contributed by atoms with Crippen LogP contribution >= 0.6 is 11.6 Å². The van der Waals surface area contributed by atoms with Gasteiger partial charge in [-0.05, 0) is 24.3 Å². The van der Waals surface area contributed by atoms with Crippen molar-refractivity contribution in [3.05, 3.63) is 75.0 Å². The first-order chi connectivity index (χ1) is 12.4. The van der Waals surface area contributed by atoms with Crippen molar-refractivity contribution in [2.24, 2.45) is 0 Å². The van der Waals surface area contributed by atoms with Gasteiger partial charge in [0.2, 0.25) is 5.56 Å². The number of H-pyrrole nitrogens is 1. The second-order valence-corrected chi connectivity index (χ2v) is 6.37. The van der Waals surface area contributed by atoms with Gasteiger partial charge < -0.3 is 15.2 Å². The molecule has 1 heterocycles. The van der Waals surface area contributed by atoms with Gasteiger partial charge in [0.05, 0.1) is 16.8 Å². The summed E-state index contributed by atoms with van der Waals surface area (Å²) in [5.74, 6) is -0.768. The maximum Gasteiger partial charge on any atom is 0.256 e. The normalized spacial score (nSPS) is 10.6. The lowest BCUT2D eigenvalue weighted by Gasteiger charge is -2.15. The van der Waals surface area contributed by atoms with Crippen LogP contribution in [0.2, 0.25) is 5.02 Å². The van der Waals surface area contributed by atoms with Gasteiger partial charge in [0.1, 0.15) is 0 Å². The van der Waals surface area contributed by atoms with Crippen LogP contribution in [-0.4, -0.2) is 35.8 Å². The smallest absolute Gasteiger partial charge is 0.256 e. The SMILES string of the molecule is CN(C)C(=O)c1ccc(Cl)cc1NC(=O)c1cc(=O)[nH]c2ccccc12. The monoisotopic (exact) mass is 369 g/mol. The number of nitrogens with one attached hydrogen (secondary N) is 2. The summed E-state index contributed by atoms with van der Waals surface area (Å²) in [6, 6.07) is 12.9. The Morgan fingerprint density at radius 2 is 1.77 bits per heavy atom. The molecule has 1 aromatic heterocycles. The minimum Gasteiger partial charge on any atom is -0.345 e. The van der Waals surface area contributed by atoms with Gasteiger partial charge in [-0.15, -0.1) is 0 Å². The fourth-order valence-corrected chi connectivity index (χ4v) is 2.80. The molecule has 0 unspecified atom stereocenters. The summed E-state index contributed by atoms with van der Waals surface area (Å²) in [6.45, 7) is 0. The molecule has 3 aromatic rings. The molecule has 0 radical (unpaired) electrons. The number of nitrogens with zero attached hydrogens (tertiary/aromatic N) is 1. The summed E-state index contributed by atoms with van der Waals surface area (Å²) < 4.78 is 0. The van der Waals surface area contributed by atoms with Crippen molar-refractivity contribution in [1.82, 2.24) is 9.88 Å². The molecule has 0 saturated heterocycles. The maximum absolute atomic E-state index is 12.8. The number of hydrogen-bond acceptors (Lipinski definition) is 3. The highest BCUT2D eigenvalue weighted by molar-refractivity contribution is 6.31. The van der Waals surface area contributed by atoms with E-state index in [-0.39, 0.29) is 22.7 Å². The van der Waals surface area contributed by atoms with E-state index in [4.69, 9.17) is 11.6 Å². The average Bonchev–Trinajstić information content (AvgIpc) is 2.60. The molecule has 0 aliphatic heterocycles. The lowest BCUT2D eigenvalue weighted by atomic mass is 10.1. The Balaban J connectivity index is 2.06. The third-order valence-corrected chi connectivity index (χ3v) is 4.10. The van der Waals surface area contributed by atoms with E-state index >= 15 is 0 Å². The minimum atomic E-state index is -0.498. The van der Waals surface area contributed by atoms with Crippen molar-refractivity contribution in [2.75, 3.05) is 19.4 Å². The zero-order valence-electron chi connectivity index (χ0n) is 14.2. The van der Waals surface area contributed by atoms with E-state index in [1.807, 2.05) is 0 Å². The van der Waals surface area contributed by atoms with Crippen LogP contribution in [0.25, 0.3) is 10.9 Å². The van der Waals surface area contributed by atoms with E-state index in [9.17, 15) is 14.4 Å². The topological polar surface area (TPSA) is 82.3 Å². The van der Waals surface area contributed by atoms with Crippen molar-refractivity contribution in [2.45, 2.75) is 0 Å². The molecule has 0 aliphatic carbocycles. The quantitative estimate of drug-likeness (QED) is 0.744. The molecule has 26 heavy (non-hydrogen) atoms. The molecule has 2 amide bonds. The first-order valence-corrected chi connectivity index (χ1v) is 8.19. The van der Waals surface area contributed by atoms with Crippen LogP contribution in [0.1, 0.15) is 20.7 Å². The molecule has 132 valence electrons. The average molecular weight is 370 g/mol.